The van der Waals surface area contributed by atoms with E-state index in [4.69, 9.17) is 4.74 Å². The summed E-state index contributed by atoms with van der Waals surface area (Å²) in [5, 5.41) is 0. The maximum absolute atomic E-state index is 12.2. The monoisotopic (exact) mass is 301 g/mol. The third-order valence-corrected chi connectivity index (χ3v) is 4.41. The molecule has 0 N–H and O–H groups in total. The number of nitrogens with zero attached hydrogens (tertiary/aromatic N) is 1. The van der Waals surface area contributed by atoms with E-state index in [1.807, 2.05) is 31.7 Å². The van der Waals surface area contributed by atoms with Crippen LogP contribution in [-0.2, 0) is 10.2 Å². The van der Waals surface area contributed by atoms with Crippen LogP contribution in [-0.4, -0.2) is 29.7 Å². The topological polar surface area (TPSA) is 29.5 Å². The van der Waals surface area contributed by atoms with Gasteiger partial charge in [0.2, 0.25) is 0 Å². The first kappa shape index (κ1) is 16.6. The number of hydrogen-bond acceptors (Lipinski definition) is 2. The van der Waals surface area contributed by atoms with Gasteiger partial charge in [-0.15, -0.1) is 0 Å². The van der Waals surface area contributed by atoms with Crippen molar-refractivity contribution in [3.8, 4) is 0 Å². The highest BCUT2D eigenvalue weighted by atomic mass is 16.6. The van der Waals surface area contributed by atoms with Crippen molar-refractivity contribution < 1.29 is 9.53 Å². The second-order valence-corrected chi connectivity index (χ2v) is 7.20. The lowest BCUT2D eigenvalue weighted by molar-refractivity contribution is 0.0178. The molecular formula is C19H27NO2. The average Bonchev–Trinajstić information content (AvgIpc) is 2.46. The van der Waals surface area contributed by atoms with Gasteiger partial charge < -0.3 is 9.64 Å². The highest BCUT2D eigenvalue weighted by Gasteiger charge is 2.38. The van der Waals surface area contributed by atoms with Crippen LogP contribution in [0.25, 0.3) is 0 Å². The quantitative estimate of drug-likeness (QED) is 0.751. The van der Waals surface area contributed by atoms with Crippen LogP contribution in [0.5, 0.6) is 0 Å². The molecule has 0 bridgehead atoms. The minimum Gasteiger partial charge on any atom is -0.444 e. The number of benzene rings is 1. The molecule has 1 aliphatic rings. The molecular weight excluding hydrogens is 274 g/mol. The van der Waals surface area contributed by atoms with Gasteiger partial charge >= 0.3 is 6.09 Å². The molecule has 3 heteroatoms. The zero-order valence-corrected chi connectivity index (χ0v) is 14.2. The molecule has 1 amide bonds. The number of amides is 1. The molecule has 22 heavy (non-hydrogen) atoms. The van der Waals surface area contributed by atoms with Crippen LogP contribution in [0.1, 0.15) is 46.1 Å². The van der Waals surface area contributed by atoms with E-state index in [1.54, 1.807) is 0 Å². The van der Waals surface area contributed by atoms with E-state index in [2.05, 4.69) is 37.8 Å². The van der Waals surface area contributed by atoms with Crippen molar-refractivity contribution in [2.75, 3.05) is 13.1 Å². The zero-order chi connectivity index (χ0) is 16.4. The smallest absolute Gasteiger partial charge is 0.410 e. The number of likely N-dealkylation sites (tertiary alicyclic amines) is 1. The minimum atomic E-state index is -0.445. The molecule has 1 saturated heterocycles. The van der Waals surface area contributed by atoms with Crippen molar-refractivity contribution in [1.29, 1.82) is 0 Å². The van der Waals surface area contributed by atoms with Crippen LogP contribution in [0, 0.1) is 0 Å². The first-order chi connectivity index (χ1) is 10.2. The standard InChI is InChI=1S/C19H27NO2/c1-15(2)19(16-9-7-6-8-10-16)11-13-20(14-12-19)17(21)22-18(3,4)5/h6-10H,1,11-14H2,2-5H3. The Morgan fingerprint density at radius 2 is 1.73 bits per heavy atom. The van der Waals surface area contributed by atoms with Crippen LogP contribution < -0.4 is 0 Å². The van der Waals surface area contributed by atoms with Crippen molar-refractivity contribution in [2.24, 2.45) is 0 Å². The lowest BCUT2D eigenvalue weighted by atomic mass is 9.68. The lowest BCUT2D eigenvalue weighted by Crippen LogP contribution is -2.47. The van der Waals surface area contributed by atoms with Crippen molar-refractivity contribution >= 4 is 6.09 Å². The van der Waals surface area contributed by atoms with Gasteiger partial charge in [-0.05, 0) is 46.1 Å². The summed E-state index contributed by atoms with van der Waals surface area (Å²) >= 11 is 0. The Morgan fingerprint density at radius 3 is 2.18 bits per heavy atom. The van der Waals surface area contributed by atoms with Crippen LogP contribution in [0.2, 0.25) is 0 Å². The summed E-state index contributed by atoms with van der Waals surface area (Å²) < 4.78 is 5.48. The second kappa shape index (κ2) is 6.15. The Hall–Kier alpha value is -1.77. The minimum absolute atomic E-state index is 0.0280. The Kier molecular flexibility index (Phi) is 4.64. The third kappa shape index (κ3) is 3.52. The van der Waals surface area contributed by atoms with E-state index in [0.717, 1.165) is 12.8 Å². The zero-order valence-electron chi connectivity index (χ0n) is 14.2. The molecule has 0 spiro atoms. The summed E-state index contributed by atoms with van der Waals surface area (Å²) in [5.41, 5.74) is 1.99. The van der Waals surface area contributed by atoms with E-state index in [9.17, 15) is 4.79 Å². The van der Waals surface area contributed by atoms with Gasteiger partial charge in [0, 0.05) is 18.5 Å². The molecule has 0 saturated carbocycles. The molecule has 1 heterocycles. The summed E-state index contributed by atoms with van der Waals surface area (Å²) in [7, 11) is 0. The number of rotatable bonds is 2. The number of ether oxygens (including phenoxy) is 1. The summed E-state index contributed by atoms with van der Waals surface area (Å²) in [6, 6.07) is 10.5. The van der Waals surface area contributed by atoms with Crippen molar-refractivity contribution in [2.45, 2.75) is 51.6 Å². The SMILES string of the molecule is C=C(C)C1(c2ccccc2)CCN(C(=O)OC(C)(C)C)CC1. The van der Waals surface area contributed by atoms with E-state index < -0.39 is 5.60 Å². The van der Waals surface area contributed by atoms with Gasteiger partial charge in [0.1, 0.15) is 5.60 Å². The molecule has 120 valence electrons. The van der Waals surface area contributed by atoms with Gasteiger partial charge in [-0.25, -0.2) is 4.79 Å². The number of piperidine rings is 1. The Balaban J connectivity index is 2.11. The van der Waals surface area contributed by atoms with Gasteiger partial charge in [0.25, 0.3) is 0 Å². The van der Waals surface area contributed by atoms with Crippen molar-refractivity contribution in [3.05, 3.63) is 48.0 Å². The van der Waals surface area contributed by atoms with Crippen LogP contribution in [0.3, 0.4) is 0 Å². The highest BCUT2D eigenvalue weighted by molar-refractivity contribution is 5.68. The fourth-order valence-electron chi connectivity index (χ4n) is 3.12. The molecule has 2 rings (SSSR count). The molecule has 1 aromatic rings. The molecule has 0 aliphatic carbocycles. The van der Waals surface area contributed by atoms with Crippen LogP contribution in [0.15, 0.2) is 42.5 Å². The Labute approximate surface area is 134 Å². The molecule has 0 unspecified atom stereocenters. The maximum atomic E-state index is 12.2. The fourth-order valence-corrected chi connectivity index (χ4v) is 3.12. The Morgan fingerprint density at radius 1 is 1.18 bits per heavy atom. The second-order valence-electron chi connectivity index (χ2n) is 7.20. The molecule has 1 fully saturated rings. The predicted octanol–water partition coefficient (Wildman–Crippen LogP) is 4.53. The van der Waals surface area contributed by atoms with Gasteiger partial charge in [-0.3, -0.25) is 0 Å². The number of carbonyl (C=O) groups excluding carboxylic acids is 1. The van der Waals surface area contributed by atoms with E-state index in [0.29, 0.717) is 13.1 Å². The van der Waals surface area contributed by atoms with E-state index >= 15 is 0 Å². The Bertz CT molecular complexity index is 534. The molecule has 0 radical (unpaired) electrons. The number of carbonyl (C=O) groups is 1. The summed E-state index contributed by atoms with van der Waals surface area (Å²) in [6.07, 6.45) is 1.58. The molecule has 3 nitrogen and oxygen atoms in total. The summed E-state index contributed by atoms with van der Waals surface area (Å²) in [6.45, 7) is 13.4. The van der Waals surface area contributed by atoms with Crippen molar-refractivity contribution in [3.63, 3.8) is 0 Å². The van der Waals surface area contributed by atoms with Gasteiger partial charge in [0.15, 0.2) is 0 Å². The molecule has 0 atom stereocenters. The van der Waals surface area contributed by atoms with Crippen molar-refractivity contribution in [1.82, 2.24) is 4.90 Å². The normalized spacial score (nSPS) is 17.9. The highest BCUT2D eigenvalue weighted by Crippen LogP contribution is 2.41. The fraction of sp³-hybridized carbons (Fsp3) is 0.526. The maximum Gasteiger partial charge on any atom is 0.410 e. The molecule has 0 aromatic heterocycles. The largest absolute Gasteiger partial charge is 0.444 e. The predicted molar refractivity (Wildman–Crippen MR) is 90.0 cm³/mol. The van der Waals surface area contributed by atoms with E-state index in [1.165, 1.54) is 11.1 Å². The summed E-state index contributed by atoms with van der Waals surface area (Å²) in [4.78, 5) is 14.0. The van der Waals surface area contributed by atoms with Crippen LogP contribution in [0.4, 0.5) is 4.79 Å². The lowest BCUT2D eigenvalue weighted by Gasteiger charge is -2.43. The number of hydrogen-bond donors (Lipinski definition) is 0. The van der Waals surface area contributed by atoms with Gasteiger partial charge in [0.05, 0.1) is 0 Å². The number of allylic oxidation sites excluding steroid dienone is 1. The summed E-state index contributed by atoms with van der Waals surface area (Å²) in [5.74, 6) is 0. The molecule has 1 aliphatic heterocycles. The molecule has 1 aromatic carbocycles. The third-order valence-electron chi connectivity index (χ3n) is 4.41. The van der Waals surface area contributed by atoms with Gasteiger partial charge in [-0.1, -0.05) is 42.5 Å². The van der Waals surface area contributed by atoms with Gasteiger partial charge in [-0.2, -0.15) is 0 Å². The average molecular weight is 301 g/mol. The van der Waals surface area contributed by atoms with E-state index in [-0.39, 0.29) is 11.5 Å². The first-order valence-electron chi connectivity index (χ1n) is 7.94. The first-order valence-corrected chi connectivity index (χ1v) is 7.94. The van der Waals surface area contributed by atoms with Crippen LogP contribution >= 0.6 is 0 Å².